The van der Waals surface area contributed by atoms with Gasteiger partial charge in [0.05, 0.1) is 0 Å². The minimum atomic E-state index is -6.52. The maximum absolute atomic E-state index is 12.2. The lowest BCUT2D eigenvalue weighted by atomic mass is 10.7. The molecule has 0 heterocycles. The molecule has 0 N–H and O–H groups in total. The van der Waals surface area contributed by atoms with Gasteiger partial charge in [-0.2, -0.15) is 43.9 Å². The summed E-state index contributed by atoms with van der Waals surface area (Å²) in [5, 5.41) is 0. The first-order valence-corrected chi connectivity index (χ1v) is 5.53. The zero-order chi connectivity index (χ0) is 13.6. The predicted octanol–water partition coefficient (Wildman–Crippen LogP) is 4.62. The molecule has 0 radical (unpaired) electrons. The van der Waals surface area contributed by atoms with Crippen molar-refractivity contribution >= 4 is 19.4 Å². The van der Waals surface area contributed by atoms with Crippen LogP contribution in [0.1, 0.15) is 0 Å². The number of thiol groups is 1. The molecule has 0 aromatic carbocycles. The third kappa shape index (κ3) is 2.66. The molecule has 0 atom stereocenters. The molecule has 0 saturated heterocycles. The molecular formula is C4HF10PS. The van der Waals surface area contributed by atoms with Gasteiger partial charge in [-0.15, -0.1) is 12.2 Å². The highest BCUT2D eigenvalue weighted by Gasteiger charge is 2.75. The van der Waals surface area contributed by atoms with Gasteiger partial charge in [-0.3, -0.25) is 0 Å². The van der Waals surface area contributed by atoms with E-state index in [4.69, 9.17) is 0 Å². The smallest absolute Gasteiger partial charge is 0.190 e. The summed E-state index contributed by atoms with van der Waals surface area (Å²) in [6, 6.07) is 0. The van der Waals surface area contributed by atoms with E-state index >= 15 is 0 Å². The van der Waals surface area contributed by atoms with E-state index in [0.29, 0.717) is 0 Å². The lowest BCUT2D eigenvalue weighted by Crippen LogP contribution is -2.43. The van der Waals surface area contributed by atoms with E-state index in [9.17, 15) is 43.9 Å². The third-order valence-corrected chi connectivity index (χ3v) is 4.29. The van der Waals surface area contributed by atoms with Gasteiger partial charge in [0, 0.05) is 0 Å². The molecule has 0 aromatic rings. The molecule has 0 nitrogen and oxygen atoms in total. The predicted molar refractivity (Wildman–Crippen MR) is 37.9 cm³/mol. The largest absolute Gasteiger partial charge is 0.458 e. The van der Waals surface area contributed by atoms with Crippen molar-refractivity contribution in [2.24, 2.45) is 0 Å². The summed E-state index contributed by atoms with van der Waals surface area (Å²) in [5.41, 5.74) is -12.4. The molecule has 0 aromatic heterocycles. The van der Waals surface area contributed by atoms with Gasteiger partial charge in [0.1, 0.15) is 7.12 Å². The van der Waals surface area contributed by atoms with Gasteiger partial charge in [0.15, 0.2) is 0 Å². The van der Waals surface area contributed by atoms with Gasteiger partial charge in [-0.25, -0.2) is 0 Å². The Morgan fingerprint density at radius 3 is 0.875 bits per heavy atom. The number of rotatable bonds is 2. The summed E-state index contributed by atoms with van der Waals surface area (Å²) in [4.78, 5) is 0. The molecule has 98 valence electrons. The second kappa shape index (κ2) is 4.08. The fraction of sp³-hybridized carbons (Fsp3) is 1.00. The molecule has 0 spiro atoms. The Kier molecular flexibility index (Phi) is 4.10. The molecule has 0 bridgehead atoms. The minimum absolute atomic E-state index is 2.10. The molecule has 0 aliphatic carbocycles. The summed E-state index contributed by atoms with van der Waals surface area (Å²) in [7, 11) is -5.27. The average molecular weight is 302 g/mol. The monoisotopic (exact) mass is 302 g/mol. The lowest BCUT2D eigenvalue weighted by molar-refractivity contribution is -0.260. The Morgan fingerprint density at radius 1 is 0.562 bits per heavy atom. The molecular weight excluding hydrogens is 301 g/mol. The SMILES string of the molecule is FC(F)(F)C(F)(F)P(S)C(F)(F)C(F)(F)F. The van der Waals surface area contributed by atoms with Crippen LogP contribution in [0.25, 0.3) is 0 Å². The molecule has 0 aliphatic rings. The molecule has 0 unspecified atom stereocenters. The van der Waals surface area contributed by atoms with E-state index in [2.05, 4.69) is 12.2 Å². The highest BCUT2D eigenvalue weighted by Crippen LogP contribution is 2.73. The van der Waals surface area contributed by atoms with E-state index in [1.807, 2.05) is 0 Å². The summed E-state index contributed by atoms with van der Waals surface area (Å²) in [5.74, 6) is 0. The Bertz CT molecular complexity index is 227. The van der Waals surface area contributed by atoms with E-state index in [1.54, 1.807) is 0 Å². The number of halogens is 10. The molecule has 0 aliphatic heterocycles. The topological polar surface area (TPSA) is 0 Å². The van der Waals surface area contributed by atoms with Crippen LogP contribution in [0.15, 0.2) is 0 Å². The lowest BCUT2D eigenvalue weighted by Gasteiger charge is -2.31. The van der Waals surface area contributed by atoms with Gasteiger partial charge in [-0.1, -0.05) is 0 Å². The quantitative estimate of drug-likeness (QED) is 0.429. The van der Waals surface area contributed by atoms with Crippen LogP contribution < -0.4 is 0 Å². The van der Waals surface area contributed by atoms with Gasteiger partial charge in [0.2, 0.25) is 0 Å². The second-order valence-electron chi connectivity index (χ2n) is 2.39. The van der Waals surface area contributed by atoms with Crippen LogP contribution in [-0.4, -0.2) is 23.7 Å². The highest BCUT2D eigenvalue weighted by molar-refractivity contribution is 8.46. The van der Waals surface area contributed by atoms with E-state index in [1.165, 1.54) is 0 Å². The van der Waals surface area contributed by atoms with Crippen LogP contribution in [0.2, 0.25) is 0 Å². The zero-order valence-electron chi connectivity index (χ0n) is 6.67. The van der Waals surface area contributed by atoms with Crippen molar-refractivity contribution in [1.82, 2.24) is 0 Å². The second-order valence-corrected chi connectivity index (χ2v) is 5.34. The van der Waals surface area contributed by atoms with E-state index in [0.717, 1.165) is 0 Å². The van der Waals surface area contributed by atoms with Crippen LogP contribution in [0.3, 0.4) is 0 Å². The van der Waals surface area contributed by atoms with Crippen molar-refractivity contribution in [1.29, 1.82) is 0 Å². The Balaban J connectivity index is 5.30. The van der Waals surface area contributed by atoms with Crippen molar-refractivity contribution in [3.05, 3.63) is 0 Å². The Labute approximate surface area is 87.9 Å². The summed E-state index contributed by atoms with van der Waals surface area (Å²) >= 11 is 2.10. The van der Waals surface area contributed by atoms with Crippen molar-refractivity contribution in [3.8, 4) is 0 Å². The van der Waals surface area contributed by atoms with Crippen LogP contribution in [0.5, 0.6) is 0 Å². The first-order valence-electron chi connectivity index (χ1n) is 3.04. The summed E-state index contributed by atoms with van der Waals surface area (Å²) < 4.78 is 118. The first-order chi connectivity index (χ1) is 6.65. The Morgan fingerprint density at radius 2 is 0.750 bits per heavy atom. The number of hydrogen-bond donors (Lipinski definition) is 1. The maximum Gasteiger partial charge on any atom is 0.458 e. The fourth-order valence-corrected chi connectivity index (χ4v) is 1.93. The summed E-state index contributed by atoms with van der Waals surface area (Å²) in [6.45, 7) is 0. The van der Waals surface area contributed by atoms with Crippen LogP contribution in [0.4, 0.5) is 43.9 Å². The summed E-state index contributed by atoms with van der Waals surface area (Å²) in [6.07, 6.45) is -13.0. The Hall–Kier alpha value is 0.0800. The third-order valence-electron chi connectivity index (χ3n) is 1.21. The van der Waals surface area contributed by atoms with E-state index < -0.39 is 30.8 Å². The maximum atomic E-state index is 12.2. The highest BCUT2D eigenvalue weighted by atomic mass is 32.7. The van der Waals surface area contributed by atoms with E-state index in [-0.39, 0.29) is 0 Å². The van der Waals surface area contributed by atoms with Crippen molar-refractivity contribution in [2.75, 3.05) is 0 Å². The first kappa shape index (κ1) is 16.1. The molecule has 0 saturated carbocycles. The molecule has 12 heteroatoms. The standard InChI is InChI=1S/C4HF10PS/c5-1(6,7)3(11,12)15(16)4(13,14)2(8,9)10/h16H. The van der Waals surface area contributed by atoms with Crippen molar-refractivity contribution in [3.63, 3.8) is 0 Å². The molecule has 0 amide bonds. The minimum Gasteiger partial charge on any atom is -0.190 e. The van der Waals surface area contributed by atoms with Crippen molar-refractivity contribution in [2.45, 2.75) is 23.7 Å². The number of hydrogen-bond acceptors (Lipinski definition) is 1. The zero-order valence-corrected chi connectivity index (χ0v) is 8.46. The van der Waals surface area contributed by atoms with Gasteiger partial charge < -0.3 is 0 Å². The van der Waals surface area contributed by atoms with Crippen LogP contribution in [0, 0.1) is 0 Å². The van der Waals surface area contributed by atoms with Crippen LogP contribution in [-0.2, 0) is 0 Å². The van der Waals surface area contributed by atoms with Gasteiger partial charge in [-0.05, 0) is 0 Å². The van der Waals surface area contributed by atoms with Gasteiger partial charge in [0.25, 0.3) is 0 Å². The van der Waals surface area contributed by atoms with Crippen molar-refractivity contribution < 1.29 is 43.9 Å². The molecule has 0 fully saturated rings. The van der Waals surface area contributed by atoms with Crippen LogP contribution >= 0.6 is 19.4 Å². The normalized spacial score (nSPS) is 15.8. The fourth-order valence-electron chi connectivity index (χ4n) is 0.417. The molecule has 16 heavy (non-hydrogen) atoms. The average Bonchev–Trinajstić information content (AvgIpc) is 1.98. The van der Waals surface area contributed by atoms with Gasteiger partial charge >= 0.3 is 23.7 Å². The number of alkyl halides is 10. The molecule has 0 rings (SSSR count).